The molecule has 0 saturated heterocycles. The van der Waals surface area contributed by atoms with Crippen molar-refractivity contribution in [3.05, 3.63) is 54.1 Å². The van der Waals surface area contributed by atoms with Crippen molar-refractivity contribution >= 4 is 0 Å². The Bertz CT molecular complexity index is 720. The lowest BCUT2D eigenvalue weighted by Crippen LogP contribution is -2.01. The van der Waals surface area contributed by atoms with Crippen LogP contribution >= 0.6 is 0 Å². The van der Waals surface area contributed by atoms with Crippen molar-refractivity contribution in [2.45, 2.75) is 117 Å². The number of rotatable bonds is 20. The first-order valence-corrected chi connectivity index (χ1v) is 14.2. The second kappa shape index (κ2) is 18.5. The van der Waals surface area contributed by atoms with Gasteiger partial charge in [0.2, 0.25) is 0 Å². The van der Waals surface area contributed by atoms with Gasteiger partial charge >= 0.3 is 0 Å². The predicted molar refractivity (Wildman–Crippen MR) is 148 cm³/mol. The molecular weight excluding hydrogens is 416 g/mol. The molecule has 0 bridgehead atoms. The van der Waals surface area contributed by atoms with Crippen LogP contribution in [0.15, 0.2) is 48.5 Å². The molecule has 0 spiro atoms. The van der Waals surface area contributed by atoms with Crippen molar-refractivity contribution in [2.75, 3.05) is 13.2 Å². The molecular formula is C32H50O2. The van der Waals surface area contributed by atoms with E-state index >= 15 is 0 Å². The van der Waals surface area contributed by atoms with Crippen LogP contribution in [0.3, 0.4) is 0 Å². The quantitative estimate of drug-likeness (QED) is 0.181. The van der Waals surface area contributed by atoms with E-state index < -0.39 is 0 Å². The molecule has 2 heteroatoms. The zero-order valence-electron chi connectivity index (χ0n) is 22.3. The third-order valence-corrected chi connectivity index (χ3v) is 6.70. The number of ether oxygens (including phenoxy) is 2. The molecule has 1 atom stereocenters. The zero-order valence-corrected chi connectivity index (χ0v) is 22.3. The SMILES string of the molecule is CCCCCCCCCCCCCCOC(C)c1ccc(-c2ccc(OCCCC)cc2)cc1. The first kappa shape index (κ1) is 28.4. The van der Waals surface area contributed by atoms with Gasteiger partial charge in [-0.1, -0.05) is 127 Å². The van der Waals surface area contributed by atoms with E-state index in [2.05, 4.69) is 69.3 Å². The second-order valence-corrected chi connectivity index (χ2v) is 9.75. The third-order valence-electron chi connectivity index (χ3n) is 6.70. The standard InChI is InChI=1S/C32H50O2/c1-4-6-8-9-10-11-12-13-14-15-16-17-27-33-28(3)29-18-20-30(21-19-29)31-22-24-32(25-23-31)34-26-7-5-2/h18-25,28H,4-17,26-27H2,1-3H3. The minimum absolute atomic E-state index is 0.149. The van der Waals surface area contributed by atoms with Gasteiger partial charge in [0.1, 0.15) is 5.75 Å². The van der Waals surface area contributed by atoms with Crippen LogP contribution < -0.4 is 4.74 Å². The third kappa shape index (κ3) is 12.1. The minimum atomic E-state index is 0.149. The molecule has 0 radical (unpaired) electrons. The van der Waals surface area contributed by atoms with Crippen molar-refractivity contribution < 1.29 is 9.47 Å². The van der Waals surface area contributed by atoms with Gasteiger partial charge in [0, 0.05) is 6.61 Å². The van der Waals surface area contributed by atoms with Gasteiger partial charge in [0.15, 0.2) is 0 Å². The predicted octanol–water partition coefficient (Wildman–Crippen LogP) is 10.3. The maximum atomic E-state index is 6.11. The Hall–Kier alpha value is -1.80. The van der Waals surface area contributed by atoms with E-state index in [1.54, 1.807) is 0 Å². The molecule has 1 unspecified atom stereocenters. The fourth-order valence-electron chi connectivity index (χ4n) is 4.32. The van der Waals surface area contributed by atoms with Gasteiger partial charge in [-0.05, 0) is 48.6 Å². The topological polar surface area (TPSA) is 18.5 Å². The summed E-state index contributed by atoms with van der Waals surface area (Å²) in [6, 6.07) is 17.2. The summed E-state index contributed by atoms with van der Waals surface area (Å²) >= 11 is 0. The van der Waals surface area contributed by atoms with Crippen LogP contribution in [0.2, 0.25) is 0 Å². The smallest absolute Gasteiger partial charge is 0.119 e. The molecule has 2 nitrogen and oxygen atoms in total. The van der Waals surface area contributed by atoms with Gasteiger partial charge in [-0.3, -0.25) is 0 Å². The van der Waals surface area contributed by atoms with Gasteiger partial charge in [-0.25, -0.2) is 0 Å². The first-order valence-electron chi connectivity index (χ1n) is 14.2. The first-order chi connectivity index (χ1) is 16.7. The Labute approximate surface area is 210 Å². The molecule has 34 heavy (non-hydrogen) atoms. The monoisotopic (exact) mass is 466 g/mol. The van der Waals surface area contributed by atoms with Crippen LogP contribution in [0.4, 0.5) is 0 Å². The molecule has 190 valence electrons. The van der Waals surface area contributed by atoms with Crippen molar-refractivity contribution in [3.8, 4) is 16.9 Å². The normalized spacial score (nSPS) is 12.1. The highest BCUT2D eigenvalue weighted by Crippen LogP contribution is 2.25. The minimum Gasteiger partial charge on any atom is -0.494 e. The van der Waals surface area contributed by atoms with Crippen LogP contribution in [0, 0.1) is 0 Å². The van der Waals surface area contributed by atoms with E-state index in [1.165, 1.54) is 93.7 Å². The van der Waals surface area contributed by atoms with E-state index in [0.29, 0.717) is 0 Å². The van der Waals surface area contributed by atoms with E-state index in [9.17, 15) is 0 Å². The maximum Gasteiger partial charge on any atom is 0.119 e. The summed E-state index contributed by atoms with van der Waals surface area (Å²) < 4.78 is 11.9. The molecule has 0 amide bonds. The van der Waals surface area contributed by atoms with Gasteiger partial charge in [0.05, 0.1) is 12.7 Å². The Morgan fingerprint density at radius 2 is 1.00 bits per heavy atom. The molecule has 0 N–H and O–H groups in total. The number of unbranched alkanes of at least 4 members (excludes halogenated alkanes) is 12. The number of hydrogen-bond acceptors (Lipinski definition) is 2. The maximum absolute atomic E-state index is 6.11. The van der Waals surface area contributed by atoms with Gasteiger partial charge in [-0.2, -0.15) is 0 Å². The summed E-state index contributed by atoms with van der Waals surface area (Å²) in [7, 11) is 0. The van der Waals surface area contributed by atoms with Crippen LogP contribution in [0.1, 0.15) is 122 Å². The van der Waals surface area contributed by atoms with Crippen molar-refractivity contribution in [3.63, 3.8) is 0 Å². The lowest BCUT2D eigenvalue weighted by atomic mass is 10.0. The van der Waals surface area contributed by atoms with E-state index in [1.807, 2.05) is 0 Å². The number of benzene rings is 2. The highest BCUT2D eigenvalue weighted by molar-refractivity contribution is 5.64. The van der Waals surface area contributed by atoms with Gasteiger partial charge in [-0.15, -0.1) is 0 Å². The highest BCUT2D eigenvalue weighted by Gasteiger charge is 2.07. The molecule has 2 rings (SSSR count). The summed E-state index contributed by atoms with van der Waals surface area (Å²) in [5.74, 6) is 0.952. The second-order valence-electron chi connectivity index (χ2n) is 9.75. The average Bonchev–Trinajstić information content (AvgIpc) is 2.87. The fraction of sp³-hybridized carbons (Fsp3) is 0.625. The van der Waals surface area contributed by atoms with Crippen LogP contribution in [-0.2, 0) is 4.74 Å². The van der Waals surface area contributed by atoms with Crippen molar-refractivity contribution in [1.29, 1.82) is 0 Å². The lowest BCUT2D eigenvalue weighted by molar-refractivity contribution is 0.0627. The molecule has 0 aliphatic heterocycles. The molecule has 0 heterocycles. The largest absolute Gasteiger partial charge is 0.494 e. The molecule has 0 aliphatic carbocycles. The molecule has 0 aromatic heterocycles. The summed E-state index contributed by atoms with van der Waals surface area (Å²) in [5.41, 5.74) is 3.71. The summed E-state index contributed by atoms with van der Waals surface area (Å²) in [5, 5.41) is 0. The molecule has 0 aliphatic rings. The molecule has 2 aromatic rings. The number of hydrogen-bond donors (Lipinski definition) is 0. The van der Waals surface area contributed by atoms with Crippen LogP contribution in [-0.4, -0.2) is 13.2 Å². The average molecular weight is 467 g/mol. The van der Waals surface area contributed by atoms with Crippen LogP contribution in [0.25, 0.3) is 11.1 Å². The van der Waals surface area contributed by atoms with E-state index in [0.717, 1.165) is 31.8 Å². The lowest BCUT2D eigenvalue weighted by Gasteiger charge is -2.14. The molecule has 2 aromatic carbocycles. The van der Waals surface area contributed by atoms with E-state index in [4.69, 9.17) is 9.47 Å². The summed E-state index contributed by atoms with van der Waals surface area (Å²) in [6.45, 7) is 8.29. The summed E-state index contributed by atoms with van der Waals surface area (Å²) in [4.78, 5) is 0. The van der Waals surface area contributed by atoms with Crippen LogP contribution in [0.5, 0.6) is 5.75 Å². The van der Waals surface area contributed by atoms with Crippen molar-refractivity contribution in [1.82, 2.24) is 0 Å². The Kier molecular flexibility index (Phi) is 15.5. The Morgan fingerprint density at radius 1 is 0.529 bits per heavy atom. The highest BCUT2D eigenvalue weighted by atomic mass is 16.5. The summed E-state index contributed by atoms with van der Waals surface area (Å²) in [6.07, 6.45) is 18.9. The Morgan fingerprint density at radius 3 is 1.53 bits per heavy atom. The molecule has 0 saturated carbocycles. The fourth-order valence-corrected chi connectivity index (χ4v) is 4.32. The Balaban J connectivity index is 1.56. The molecule has 0 fully saturated rings. The van der Waals surface area contributed by atoms with E-state index in [-0.39, 0.29) is 6.10 Å². The van der Waals surface area contributed by atoms with Gasteiger partial charge < -0.3 is 9.47 Å². The van der Waals surface area contributed by atoms with Crippen molar-refractivity contribution in [2.24, 2.45) is 0 Å². The van der Waals surface area contributed by atoms with Gasteiger partial charge in [0.25, 0.3) is 0 Å². The zero-order chi connectivity index (χ0) is 24.3.